The van der Waals surface area contributed by atoms with Crippen molar-refractivity contribution in [2.24, 2.45) is 0 Å². The summed E-state index contributed by atoms with van der Waals surface area (Å²) in [5.41, 5.74) is 0. The van der Waals surface area contributed by atoms with Crippen LogP contribution in [0.3, 0.4) is 0 Å². The van der Waals surface area contributed by atoms with Crippen LogP contribution in [-0.4, -0.2) is 37.7 Å². The van der Waals surface area contributed by atoms with Gasteiger partial charge in [-0.3, -0.25) is 0 Å². The number of ether oxygens (including phenoxy) is 1. The molecular weight excluding hydrogens is 222 g/mol. The highest BCUT2D eigenvalue weighted by atomic mass is 32.2. The highest BCUT2D eigenvalue weighted by Crippen LogP contribution is 2.00. The number of carbonyl (C=O) groups is 1. The van der Waals surface area contributed by atoms with Crippen molar-refractivity contribution in [2.45, 2.75) is 26.2 Å². The summed E-state index contributed by atoms with van der Waals surface area (Å²) in [5, 5.41) is 3.26. The molecule has 0 atom stereocenters. The summed E-state index contributed by atoms with van der Waals surface area (Å²) in [4.78, 5) is 10.9. The number of hydrogen-bond acceptors (Lipinski definition) is 4. The zero-order valence-electron chi connectivity index (χ0n) is 10.3. The quantitative estimate of drug-likeness (QED) is 0.364. The molecule has 0 aromatic rings. The molecule has 1 N–H and O–H groups in total. The molecule has 0 rings (SSSR count). The smallest absolute Gasteiger partial charge is 0.330 e. The SMILES string of the molecule is CCOC(=O)/C=C/CNCCCCCSC. The Morgan fingerprint density at radius 2 is 2.19 bits per heavy atom. The fourth-order valence-electron chi connectivity index (χ4n) is 1.20. The molecule has 0 heterocycles. The van der Waals surface area contributed by atoms with Crippen LogP contribution >= 0.6 is 11.8 Å². The Balaban J connectivity index is 3.17. The van der Waals surface area contributed by atoms with Crippen LogP contribution in [0.5, 0.6) is 0 Å². The average Bonchev–Trinajstić information content (AvgIpc) is 2.27. The maximum absolute atomic E-state index is 10.9. The van der Waals surface area contributed by atoms with Gasteiger partial charge in [-0.25, -0.2) is 4.79 Å². The van der Waals surface area contributed by atoms with Crippen LogP contribution in [0.2, 0.25) is 0 Å². The third-order valence-electron chi connectivity index (χ3n) is 2.00. The highest BCUT2D eigenvalue weighted by Gasteiger charge is 1.92. The Hall–Kier alpha value is -0.480. The molecule has 94 valence electrons. The summed E-state index contributed by atoms with van der Waals surface area (Å²) in [6.45, 7) is 3.99. The van der Waals surface area contributed by atoms with Gasteiger partial charge in [0.25, 0.3) is 0 Å². The van der Waals surface area contributed by atoms with E-state index in [-0.39, 0.29) is 5.97 Å². The van der Waals surface area contributed by atoms with Crippen LogP contribution in [0.1, 0.15) is 26.2 Å². The second-order valence-corrected chi connectivity index (χ2v) is 4.40. The largest absolute Gasteiger partial charge is 0.463 e. The van der Waals surface area contributed by atoms with Crippen molar-refractivity contribution in [3.63, 3.8) is 0 Å². The van der Waals surface area contributed by atoms with E-state index in [4.69, 9.17) is 4.74 Å². The molecule has 16 heavy (non-hydrogen) atoms. The minimum absolute atomic E-state index is 0.260. The van der Waals surface area contributed by atoms with Gasteiger partial charge in [0.2, 0.25) is 0 Å². The highest BCUT2D eigenvalue weighted by molar-refractivity contribution is 7.98. The van der Waals surface area contributed by atoms with Crippen molar-refractivity contribution in [1.29, 1.82) is 0 Å². The van der Waals surface area contributed by atoms with E-state index in [1.807, 2.05) is 11.8 Å². The number of hydrogen-bond donors (Lipinski definition) is 1. The minimum atomic E-state index is -0.260. The molecule has 0 aliphatic carbocycles. The van der Waals surface area contributed by atoms with Gasteiger partial charge in [-0.2, -0.15) is 11.8 Å². The first kappa shape index (κ1) is 15.5. The van der Waals surface area contributed by atoms with Crippen molar-refractivity contribution in [1.82, 2.24) is 5.32 Å². The molecule has 4 heteroatoms. The van der Waals surface area contributed by atoms with E-state index in [1.54, 1.807) is 13.0 Å². The Labute approximate surface area is 103 Å². The molecule has 0 spiro atoms. The fourth-order valence-corrected chi connectivity index (χ4v) is 1.70. The summed E-state index contributed by atoms with van der Waals surface area (Å²) >= 11 is 1.90. The summed E-state index contributed by atoms with van der Waals surface area (Å²) in [6, 6.07) is 0. The molecule has 0 amide bonds. The molecule has 0 aromatic heterocycles. The van der Waals surface area contributed by atoms with Gasteiger partial charge >= 0.3 is 5.97 Å². The van der Waals surface area contributed by atoms with Crippen molar-refractivity contribution >= 4 is 17.7 Å². The standard InChI is InChI=1S/C12H23NO2S/c1-3-15-12(14)8-7-10-13-9-5-4-6-11-16-2/h7-8,13H,3-6,9-11H2,1-2H3/b8-7+. The van der Waals surface area contributed by atoms with Gasteiger partial charge in [0, 0.05) is 12.6 Å². The zero-order chi connectivity index (χ0) is 12.1. The third kappa shape index (κ3) is 11.6. The van der Waals surface area contributed by atoms with E-state index in [2.05, 4.69) is 11.6 Å². The second-order valence-electron chi connectivity index (χ2n) is 3.41. The van der Waals surface area contributed by atoms with Gasteiger partial charge in [0.05, 0.1) is 6.61 Å². The number of rotatable bonds is 10. The predicted molar refractivity (Wildman–Crippen MR) is 70.9 cm³/mol. The van der Waals surface area contributed by atoms with Crippen LogP contribution in [0.15, 0.2) is 12.2 Å². The molecule has 0 saturated heterocycles. The number of esters is 1. The van der Waals surface area contributed by atoms with Crippen LogP contribution in [0, 0.1) is 0 Å². The molecule has 0 bridgehead atoms. The average molecular weight is 245 g/mol. The first-order chi connectivity index (χ1) is 7.81. The topological polar surface area (TPSA) is 38.3 Å². The Bertz CT molecular complexity index is 195. The van der Waals surface area contributed by atoms with Crippen LogP contribution in [0.25, 0.3) is 0 Å². The van der Waals surface area contributed by atoms with Crippen molar-refractivity contribution in [3.8, 4) is 0 Å². The fraction of sp³-hybridized carbons (Fsp3) is 0.750. The van der Waals surface area contributed by atoms with Crippen LogP contribution < -0.4 is 5.32 Å². The van der Waals surface area contributed by atoms with Gasteiger partial charge < -0.3 is 10.1 Å². The molecule has 3 nitrogen and oxygen atoms in total. The minimum Gasteiger partial charge on any atom is -0.463 e. The normalized spacial score (nSPS) is 10.9. The lowest BCUT2D eigenvalue weighted by atomic mass is 10.2. The lowest BCUT2D eigenvalue weighted by molar-refractivity contribution is -0.137. The zero-order valence-corrected chi connectivity index (χ0v) is 11.1. The summed E-state index contributed by atoms with van der Waals surface area (Å²) in [7, 11) is 0. The van der Waals surface area contributed by atoms with E-state index < -0.39 is 0 Å². The van der Waals surface area contributed by atoms with Crippen molar-refractivity contribution < 1.29 is 9.53 Å². The van der Waals surface area contributed by atoms with Crippen molar-refractivity contribution in [2.75, 3.05) is 31.7 Å². The van der Waals surface area contributed by atoms with E-state index in [9.17, 15) is 4.79 Å². The maximum atomic E-state index is 10.9. The summed E-state index contributed by atoms with van der Waals surface area (Å²) < 4.78 is 4.76. The van der Waals surface area contributed by atoms with Crippen molar-refractivity contribution in [3.05, 3.63) is 12.2 Å². The third-order valence-corrected chi connectivity index (χ3v) is 2.70. The monoisotopic (exact) mass is 245 g/mol. The molecule has 0 fully saturated rings. The number of nitrogens with one attached hydrogen (secondary N) is 1. The molecular formula is C12H23NO2S. The summed E-state index contributed by atoms with van der Waals surface area (Å²) in [6.07, 6.45) is 9.19. The van der Waals surface area contributed by atoms with Gasteiger partial charge in [0.15, 0.2) is 0 Å². The van der Waals surface area contributed by atoms with E-state index in [0.717, 1.165) is 13.1 Å². The molecule has 0 aliphatic rings. The second kappa shape index (κ2) is 12.6. The van der Waals surface area contributed by atoms with Gasteiger partial charge in [0.1, 0.15) is 0 Å². The van der Waals surface area contributed by atoms with Crippen LogP contribution in [0.4, 0.5) is 0 Å². The maximum Gasteiger partial charge on any atom is 0.330 e. The van der Waals surface area contributed by atoms with E-state index >= 15 is 0 Å². The number of carbonyl (C=O) groups excluding carboxylic acids is 1. The molecule has 0 radical (unpaired) electrons. The van der Waals surface area contributed by atoms with Gasteiger partial charge in [-0.1, -0.05) is 12.5 Å². The van der Waals surface area contributed by atoms with Gasteiger partial charge in [-0.05, 0) is 38.3 Å². The van der Waals surface area contributed by atoms with E-state index in [1.165, 1.54) is 31.1 Å². The Morgan fingerprint density at radius 3 is 2.88 bits per heavy atom. The summed E-state index contributed by atoms with van der Waals surface area (Å²) in [5.74, 6) is 0.993. The first-order valence-electron chi connectivity index (χ1n) is 5.84. The lowest BCUT2D eigenvalue weighted by Gasteiger charge is -2.01. The van der Waals surface area contributed by atoms with Gasteiger partial charge in [-0.15, -0.1) is 0 Å². The molecule has 0 aromatic carbocycles. The Morgan fingerprint density at radius 1 is 1.38 bits per heavy atom. The Kier molecular flexibility index (Phi) is 12.2. The first-order valence-corrected chi connectivity index (χ1v) is 7.23. The molecule has 0 aliphatic heterocycles. The number of unbranched alkanes of at least 4 members (excludes halogenated alkanes) is 2. The molecule has 0 saturated carbocycles. The predicted octanol–water partition coefficient (Wildman–Crippen LogP) is 2.23. The number of thioether (sulfide) groups is 1. The lowest BCUT2D eigenvalue weighted by Crippen LogP contribution is -2.15. The van der Waals surface area contributed by atoms with E-state index in [0.29, 0.717) is 6.61 Å². The molecule has 0 unspecified atom stereocenters. The van der Waals surface area contributed by atoms with Crippen LogP contribution in [-0.2, 0) is 9.53 Å².